The molecule has 24 heavy (non-hydrogen) atoms. The maximum absolute atomic E-state index is 13.3. The molecule has 0 unspecified atom stereocenters. The molecular formula is C19H24N4O. The number of nitrogens with one attached hydrogen (secondary N) is 1. The predicted molar refractivity (Wildman–Crippen MR) is 94.2 cm³/mol. The average molecular weight is 324 g/mol. The molecule has 1 fully saturated rings. The van der Waals surface area contributed by atoms with Gasteiger partial charge in [-0.25, -0.2) is 0 Å². The van der Waals surface area contributed by atoms with Gasteiger partial charge in [0.2, 0.25) is 5.91 Å². The summed E-state index contributed by atoms with van der Waals surface area (Å²) in [6.07, 6.45) is 6.03. The first-order valence-corrected chi connectivity index (χ1v) is 8.73. The van der Waals surface area contributed by atoms with Crippen LogP contribution in [0.4, 0.5) is 5.69 Å². The highest BCUT2D eigenvalue weighted by molar-refractivity contribution is 5.97. The zero-order valence-electron chi connectivity index (χ0n) is 14.3. The molecule has 2 aliphatic heterocycles. The van der Waals surface area contributed by atoms with Gasteiger partial charge in [0.15, 0.2) is 0 Å². The molecule has 1 N–H and O–H groups in total. The third-order valence-electron chi connectivity index (χ3n) is 5.30. The van der Waals surface area contributed by atoms with Gasteiger partial charge in [-0.05, 0) is 37.0 Å². The molecule has 0 aliphatic carbocycles. The number of hydrogen-bond acceptors (Lipinski definition) is 3. The number of aryl methyl sites for hydroxylation is 3. The summed E-state index contributed by atoms with van der Waals surface area (Å²) >= 11 is 0. The molecule has 126 valence electrons. The Balaban J connectivity index is 1.62. The number of benzene rings is 1. The number of rotatable bonds is 2. The lowest BCUT2D eigenvalue weighted by molar-refractivity contribution is -0.122. The van der Waals surface area contributed by atoms with Crippen LogP contribution in [0.1, 0.15) is 29.0 Å². The Labute approximate surface area is 142 Å². The zero-order valence-corrected chi connectivity index (χ0v) is 14.3. The van der Waals surface area contributed by atoms with Gasteiger partial charge in [0.25, 0.3) is 0 Å². The first-order valence-electron chi connectivity index (χ1n) is 8.73. The Kier molecular flexibility index (Phi) is 3.88. The van der Waals surface area contributed by atoms with E-state index in [1.165, 1.54) is 11.1 Å². The minimum Gasteiger partial charge on any atom is -0.315 e. The second-order valence-corrected chi connectivity index (χ2v) is 7.04. The smallest absolute Gasteiger partial charge is 0.232 e. The van der Waals surface area contributed by atoms with Crippen LogP contribution in [0.3, 0.4) is 0 Å². The normalized spacial score (nSPS) is 23.3. The Morgan fingerprint density at radius 1 is 1.33 bits per heavy atom. The van der Waals surface area contributed by atoms with E-state index in [1.54, 1.807) is 0 Å². The fourth-order valence-electron chi connectivity index (χ4n) is 4.08. The van der Waals surface area contributed by atoms with Crippen LogP contribution in [-0.2, 0) is 18.3 Å². The van der Waals surface area contributed by atoms with Gasteiger partial charge >= 0.3 is 0 Å². The van der Waals surface area contributed by atoms with Gasteiger partial charge in [-0.3, -0.25) is 9.48 Å². The number of anilines is 1. The Bertz CT molecular complexity index is 766. The number of carbonyl (C=O) groups is 1. The number of fused-ring (bicyclic) bond motifs is 1. The number of amides is 1. The molecule has 0 spiro atoms. The molecule has 2 atom stereocenters. The number of nitrogens with zero attached hydrogens (tertiary/aromatic N) is 3. The van der Waals surface area contributed by atoms with Crippen LogP contribution < -0.4 is 10.2 Å². The van der Waals surface area contributed by atoms with E-state index >= 15 is 0 Å². The summed E-state index contributed by atoms with van der Waals surface area (Å²) in [6, 6.07) is 6.44. The molecule has 2 aliphatic rings. The van der Waals surface area contributed by atoms with E-state index in [0.717, 1.165) is 43.7 Å². The molecule has 5 nitrogen and oxygen atoms in total. The number of aromatic nitrogens is 2. The van der Waals surface area contributed by atoms with E-state index in [1.807, 2.05) is 29.0 Å². The second-order valence-electron chi connectivity index (χ2n) is 7.04. The van der Waals surface area contributed by atoms with Crippen molar-refractivity contribution in [3.05, 3.63) is 47.3 Å². The third-order valence-corrected chi connectivity index (χ3v) is 5.30. The van der Waals surface area contributed by atoms with Crippen LogP contribution in [0.5, 0.6) is 0 Å². The Morgan fingerprint density at radius 2 is 2.21 bits per heavy atom. The largest absolute Gasteiger partial charge is 0.315 e. The monoisotopic (exact) mass is 324 g/mol. The Hall–Kier alpha value is -2.14. The molecular weight excluding hydrogens is 300 g/mol. The van der Waals surface area contributed by atoms with E-state index < -0.39 is 0 Å². The summed E-state index contributed by atoms with van der Waals surface area (Å²) in [4.78, 5) is 15.3. The van der Waals surface area contributed by atoms with Crippen LogP contribution in [0, 0.1) is 12.8 Å². The third kappa shape index (κ3) is 2.63. The summed E-state index contributed by atoms with van der Waals surface area (Å²) in [7, 11) is 1.92. The maximum atomic E-state index is 13.3. The standard InChI is InChI=1S/C19H24N4O/c1-13-5-6-18-14(8-13)4-3-7-23(18)19(24)17-11-20-10-16(17)15-9-21-22(2)12-15/h5-6,8-9,12,16-17,20H,3-4,7,10-11H2,1-2H3/t16-,17+/m1/s1. The van der Waals surface area contributed by atoms with Crippen molar-refractivity contribution < 1.29 is 4.79 Å². The zero-order chi connectivity index (χ0) is 16.7. The quantitative estimate of drug-likeness (QED) is 0.919. The van der Waals surface area contributed by atoms with Crippen LogP contribution in [0.15, 0.2) is 30.6 Å². The summed E-state index contributed by atoms with van der Waals surface area (Å²) in [5, 5.41) is 7.68. The van der Waals surface area contributed by atoms with Crippen molar-refractivity contribution in [2.45, 2.75) is 25.7 Å². The SMILES string of the molecule is Cc1ccc2c(c1)CCCN2C(=O)[C@H]1CNC[C@@H]1c1cnn(C)c1. The highest BCUT2D eigenvalue weighted by atomic mass is 16.2. The van der Waals surface area contributed by atoms with E-state index in [-0.39, 0.29) is 17.7 Å². The topological polar surface area (TPSA) is 50.2 Å². The molecule has 5 heteroatoms. The maximum Gasteiger partial charge on any atom is 0.232 e. The first-order chi connectivity index (χ1) is 11.6. The van der Waals surface area contributed by atoms with Crippen LogP contribution in [0.2, 0.25) is 0 Å². The average Bonchev–Trinajstić information content (AvgIpc) is 3.21. The highest BCUT2D eigenvalue weighted by Crippen LogP contribution is 2.34. The minimum atomic E-state index is -0.0125. The van der Waals surface area contributed by atoms with Gasteiger partial charge in [0.05, 0.1) is 12.1 Å². The molecule has 1 aromatic heterocycles. The van der Waals surface area contributed by atoms with Crippen LogP contribution in [-0.4, -0.2) is 35.3 Å². The number of carbonyl (C=O) groups excluding carboxylic acids is 1. The molecule has 0 radical (unpaired) electrons. The van der Waals surface area contributed by atoms with Crippen molar-refractivity contribution in [3.63, 3.8) is 0 Å². The molecule has 4 rings (SSSR count). The van der Waals surface area contributed by atoms with Crippen molar-refractivity contribution in [3.8, 4) is 0 Å². The van der Waals surface area contributed by atoms with Crippen molar-refractivity contribution >= 4 is 11.6 Å². The van der Waals surface area contributed by atoms with Crippen molar-refractivity contribution in [2.75, 3.05) is 24.5 Å². The predicted octanol–water partition coefficient (Wildman–Crippen LogP) is 2.01. The molecule has 1 amide bonds. The highest BCUT2D eigenvalue weighted by Gasteiger charge is 2.38. The first kappa shape index (κ1) is 15.4. The summed E-state index contributed by atoms with van der Waals surface area (Å²) in [5.41, 5.74) is 4.83. The summed E-state index contributed by atoms with van der Waals surface area (Å²) in [6.45, 7) is 4.53. The molecule has 0 saturated carbocycles. The lowest BCUT2D eigenvalue weighted by Crippen LogP contribution is -2.41. The summed E-state index contributed by atoms with van der Waals surface area (Å²) < 4.78 is 1.81. The van der Waals surface area contributed by atoms with Gasteiger partial charge in [-0.15, -0.1) is 0 Å². The van der Waals surface area contributed by atoms with Gasteiger partial charge in [0.1, 0.15) is 0 Å². The molecule has 0 bridgehead atoms. The van der Waals surface area contributed by atoms with E-state index in [4.69, 9.17) is 0 Å². The van der Waals surface area contributed by atoms with Gasteiger partial charge in [0, 0.05) is 44.5 Å². The van der Waals surface area contributed by atoms with Gasteiger partial charge < -0.3 is 10.2 Å². The lowest BCUT2D eigenvalue weighted by Gasteiger charge is -2.33. The molecule has 1 aromatic carbocycles. The van der Waals surface area contributed by atoms with E-state index in [2.05, 4.69) is 35.5 Å². The van der Waals surface area contributed by atoms with E-state index in [9.17, 15) is 4.79 Å². The molecule has 2 aromatic rings. The van der Waals surface area contributed by atoms with Crippen LogP contribution in [0.25, 0.3) is 0 Å². The minimum absolute atomic E-state index is 0.0125. The lowest BCUT2D eigenvalue weighted by atomic mass is 9.88. The van der Waals surface area contributed by atoms with Crippen LogP contribution >= 0.6 is 0 Å². The van der Waals surface area contributed by atoms with E-state index in [0.29, 0.717) is 0 Å². The van der Waals surface area contributed by atoms with Crippen molar-refractivity contribution in [2.24, 2.45) is 13.0 Å². The fraction of sp³-hybridized carbons (Fsp3) is 0.474. The van der Waals surface area contributed by atoms with Gasteiger partial charge in [-0.1, -0.05) is 17.7 Å². The molecule has 3 heterocycles. The Morgan fingerprint density at radius 3 is 3.00 bits per heavy atom. The number of hydrogen-bond donors (Lipinski definition) is 1. The van der Waals surface area contributed by atoms with Gasteiger partial charge in [-0.2, -0.15) is 5.10 Å². The second kappa shape index (κ2) is 6.06. The van der Waals surface area contributed by atoms with Crippen molar-refractivity contribution in [1.82, 2.24) is 15.1 Å². The molecule has 1 saturated heterocycles. The fourth-order valence-corrected chi connectivity index (χ4v) is 4.08. The van der Waals surface area contributed by atoms with Crippen molar-refractivity contribution in [1.29, 1.82) is 0 Å². The summed E-state index contributed by atoms with van der Waals surface area (Å²) in [5.74, 6) is 0.446.